The molecule has 0 aliphatic carbocycles. The Morgan fingerprint density at radius 1 is 0.929 bits per heavy atom. The van der Waals surface area contributed by atoms with Crippen molar-refractivity contribution in [3.63, 3.8) is 0 Å². The minimum atomic E-state index is 0.355. The van der Waals surface area contributed by atoms with Crippen LogP contribution < -0.4 is 5.73 Å². The molecule has 0 atom stereocenters. The summed E-state index contributed by atoms with van der Waals surface area (Å²) in [4.78, 5) is 0. The second-order valence-corrected chi connectivity index (χ2v) is 3.96. The third-order valence-electron chi connectivity index (χ3n) is 3.55. The van der Waals surface area contributed by atoms with E-state index >= 15 is 0 Å². The smallest absolute Gasteiger partial charge is 0.0314 e. The minimum absolute atomic E-state index is 0.355. The lowest BCUT2D eigenvalue weighted by Crippen LogP contribution is -2.23. The number of benzene rings is 1. The molecule has 0 saturated heterocycles. The molecule has 78 valence electrons. The third kappa shape index (κ3) is 1.92. The standard InChI is InChI=1S/C13H21N/c1-4-13(5-2,6-3)11-7-9-12(14)10-8-11/h7-10H,4-6,14H2,1-3H3. The van der Waals surface area contributed by atoms with Crippen molar-refractivity contribution < 1.29 is 0 Å². The summed E-state index contributed by atoms with van der Waals surface area (Å²) in [6, 6.07) is 8.35. The molecule has 0 unspecified atom stereocenters. The molecule has 0 bridgehead atoms. The summed E-state index contributed by atoms with van der Waals surface area (Å²) >= 11 is 0. The molecule has 0 amide bonds. The number of nitrogen functional groups attached to an aromatic ring is 1. The van der Waals surface area contributed by atoms with Gasteiger partial charge < -0.3 is 5.73 Å². The maximum Gasteiger partial charge on any atom is 0.0314 e. The van der Waals surface area contributed by atoms with E-state index in [1.807, 2.05) is 12.1 Å². The van der Waals surface area contributed by atoms with Crippen LogP contribution in [0.15, 0.2) is 24.3 Å². The van der Waals surface area contributed by atoms with Gasteiger partial charge >= 0.3 is 0 Å². The molecule has 1 rings (SSSR count). The minimum Gasteiger partial charge on any atom is -0.399 e. The van der Waals surface area contributed by atoms with Crippen LogP contribution in [0, 0.1) is 0 Å². The van der Waals surface area contributed by atoms with Crippen molar-refractivity contribution in [2.75, 3.05) is 5.73 Å². The Morgan fingerprint density at radius 3 is 1.71 bits per heavy atom. The van der Waals surface area contributed by atoms with Crippen LogP contribution >= 0.6 is 0 Å². The molecular weight excluding hydrogens is 170 g/mol. The van der Waals surface area contributed by atoms with E-state index in [9.17, 15) is 0 Å². The zero-order valence-corrected chi connectivity index (χ0v) is 9.51. The summed E-state index contributed by atoms with van der Waals surface area (Å²) in [5, 5.41) is 0. The number of anilines is 1. The molecule has 0 radical (unpaired) electrons. The normalized spacial score (nSPS) is 11.6. The molecule has 1 aromatic carbocycles. The molecule has 14 heavy (non-hydrogen) atoms. The molecule has 1 nitrogen and oxygen atoms in total. The Morgan fingerprint density at radius 2 is 1.36 bits per heavy atom. The fourth-order valence-corrected chi connectivity index (χ4v) is 2.20. The SMILES string of the molecule is CCC(CC)(CC)c1ccc(N)cc1. The van der Waals surface area contributed by atoms with Crippen molar-refractivity contribution in [1.29, 1.82) is 0 Å². The highest BCUT2D eigenvalue weighted by Gasteiger charge is 2.25. The van der Waals surface area contributed by atoms with Crippen molar-refractivity contribution >= 4 is 5.69 Å². The van der Waals surface area contributed by atoms with Crippen LogP contribution in [0.2, 0.25) is 0 Å². The van der Waals surface area contributed by atoms with E-state index in [-0.39, 0.29) is 0 Å². The number of nitrogens with two attached hydrogens (primary N) is 1. The van der Waals surface area contributed by atoms with Gasteiger partial charge in [0, 0.05) is 5.69 Å². The Kier molecular flexibility index (Phi) is 3.56. The van der Waals surface area contributed by atoms with Gasteiger partial charge in [-0.3, -0.25) is 0 Å². The summed E-state index contributed by atoms with van der Waals surface area (Å²) in [7, 11) is 0. The molecule has 1 aromatic rings. The lowest BCUT2D eigenvalue weighted by molar-refractivity contribution is 0.382. The van der Waals surface area contributed by atoms with Crippen LogP contribution in [0.1, 0.15) is 45.6 Å². The summed E-state index contributed by atoms with van der Waals surface area (Å²) < 4.78 is 0. The van der Waals surface area contributed by atoms with Gasteiger partial charge in [0.1, 0.15) is 0 Å². The third-order valence-corrected chi connectivity index (χ3v) is 3.55. The van der Waals surface area contributed by atoms with Gasteiger partial charge in [-0.25, -0.2) is 0 Å². The Hall–Kier alpha value is -0.980. The Labute approximate surface area is 87.3 Å². The van der Waals surface area contributed by atoms with Crippen LogP contribution in [0.4, 0.5) is 5.69 Å². The van der Waals surface area contributed by atoms with Crippen molar-refractivity contribution in [1.82, 2.24) is 0 Å². The van der Waals surface area contributed by atoms with E-state index in [1.54, 1.807) is 0 Å². The summed E-state index contributed by atoms with van der Waals surface area (Å²) in [5.41, 5.74) is 8.33. The molecule has 0 spiro atoms. The number of rotatable bonds is 4. The van der Waals surface area contributed by atoms with Crippen LogP contribution in [0.3, 0.4) is 0 Å². The first-order valence-electron chi connectivity index (χ1n) is 5.54. The van der Waals surface area contributed by atoms with E-state index in [2.05, 4.69) is 32.9 Å². The molecular formula is C13H21N. The molecule has 0 fully saturated rings. The lowest BCUT2D eigenvalue weighted by atomic mass is 9.74. The first-order chi connectivity index (χ1) is 6.68. The van der Waals surface area contributed by atoms with E-state index in [0.29, 0.717) is 5.41 Å². The highest BCUT2D eigenvalue weighted by molar-refractivity contribution is 5.41. The highest BCUT2D eigenvalue weighted by Crippen LogP contribution is 2.35. The van der Waals surface area contributed by atoms with Gasteiger partial charge in [0.05, 0.1) is 0 Å². The Balaban J connectivity index is 3.05. The zero-order chi connectivity index (χ0) is 10.6. The van der Waals surface area contributed by atoms with Gasteiger partial charge in [-0.2, -0.15) is 0 Å². The quantitative estimate of drug-likeness (QED) is 0.721. The molecule has 2 N–H and O–H groups in total. The molecule has 0 heterocycles. The van der Waals surface area contributed by atoms with Crippen LogP contribution in [0.5, 0.6) is 0 Å². The monoisotopic (exact) mass is 191 g/mol. The second kappa shape index (κ2) is 4.50. The van der Waals surface area contributed by atoms with Gasteiger partial charge in [0.25, 0.3) is 0 Å². The van der Waals surface area contributed by atoms with Crippen LogP contribution in [-0.4, -0.2) is 0 Å². The fourth-order valence-electron chi connectivity index (χ4n) is 2.20. The lowest BCUT2D eigenvalue weighted by Gasteiger charge is -2.31. The first kappa shape index (κ1) is 11.1. The first-order valence-corrected chi connectivity index (χ1v) is 5.54. The van der Waals surface area contributed by atoms with Crippen LogP contribution in [-0.2, 0) is 5.41 Å². The predicted octanol–water partition coefficient (Wildman–Crippen LogP) is 3.74. The van der Waals surface area contributed by atoms with E-state index < -0.39 is 0 Å². The van der Waals surface area contributed by atoms with E-state index in [4.69, 9.17) is 5.73 Å². The second-order valence-electron chi connectivity index (χ2n) is 3.96. The molecule has 0 aromatic heterocycles. The van der Waals surface area contributed by atoms with E-state index in [1.165, 1.54) is 24.8 Å². The van der Waals surface area contributed by atoms with Crippen molar-refractivity contribution in [3.8, 4) is 0 Å². The van der Waals surface area contributed by atoms with Gasteiger partial charge in [-0.1, -0.05) is 32.9 Å². The fraction of sp³-hybridized carbons (Fsp3) is 0.538. The summed E-state index contributed by atoms with van der Waals surface area (Å²) in [6.07, 6.45) is 3.59. The van der Waals surface area contributed by atoms with Gasteiger partial charge in [-0.15, -0.1) is 0 Å². The molecule has 1 heteroatoms. The Bertz CT molecular complexity index is 262. The largest absolute Gasteiger partial charge is 0.399 e. The summed E-state index contributed by atoms with van der Waals surface area (Å²) in [5.74, 6) is 0. The van der Waals surface area contributed by atoms with Crippen molar-refractivity contribution in [2.24, 2.45) is 0 Å². The summed E-state index contributed by atoms with van der Waals surface area (Å²) in [6.45, 7) is 6.80. The molecule has 0 saturated carbocycles. The van der Waals surface area contributed by atoms with Gasteiger partial charge in [0.2, 0.25) is 0 Å². The maximum absolute atomic E-state index is 5.69. The van der Waals surface area contributed by atoms with Crippen molar-refractivity contribution in [3.05, 3.63) is 29.8 Å². The molecule has 0 aliphatic heterocycles. The average molecular weight is 191 g/mol. The topological polar surface area (TPSA) is 26.0 Å². The van der Waals surface area contributed by atoms with E-state index in [0.717, 1.165) is 5.69 Å². The average Bonchev–Trinajstić information content (AvgIpc) is 2.24. The van der Waals surface area contributed by atoms with Crippen molar-refractivity contribution in [2.45, 2.75) is 45.4 Å². The zero-order valence-electron chi connectivity index (χ0n) is 9.51. The molecule has 0 aliphatic rings. The highest BCUT2D eigenvalue weighted by atomic mass is 14.5. The number of hydrogen-bond donors (Lipinski definition) is 1. The van der Waals surface area contributed by atoms with Gasteiger partial charge in [0.15, 0.2) is 0 Å². The predicted molar refractivity (Wildman–Crippen MR) is 63.4 cm³/mol. The van der Waals surface area contributed by atoms with Crippen LogP contribution in [0.25, 0.3) is 0 Å². The van der Waals surface area contributed by atoms with Gasteiger partial charge in [-0.05, 0) is 42.4 Å². The maximum atomic E-state index is 5.69. The number of hydrogen-bond acceptors (Lipinski definition) is 1.